The topological polar surface area (TPSA) is 74.7 Å². The average Bonchev–Trinajstić information content (AvgIpc) is 2.37. The number of carboxylic acid groups (broad SMARTS) is 1. The Kier molecular flexibility index (Phi) is 5.69. The number of hydrogen-bond donors (Lipinski definition) is 1. The van der Waals surface area contributed by atoms with Crippen LogP contribution in [-0.2, 0) is 10.0 Å². The van der Waals surface area contributed by atoms with Crippen molar-refractivity contribution in [2.45, 2.75) is 31.6 Å². The first-order valence-electron chi connectivity index (χ1n) is 6.63. The molecule has 1 N–H and O–H groups in total. The van der Waals surface area contributed by atoms with Crippen molar-refractivity contribution in [1.82, 2.24) is 4.31 Å². The molecule has 116 valence electrons. The predicted molar refractivity (Wildman–Crippen MR) is 82.1 cm³/mol. The van der Waals surface area contributed by atoms with E-state index in [1.54, 1.807) is 26.0 Å². The lowest BCUT2D eigenvalue weighted by atomic mass is 10.1. The largest absolute Gasteiger partial charge is 0.478 e. The quantitative estimate of drug-likeness (QED) is 0.620. The number of nitrogens with zero attached hydrogens (tertiary/aromatic N) is 1. The van der Waals surface area contributed by atoms with Gasteiger partial charge in [-0.05, 0) is 43.9 Å². The van der Waals surface area contributed by atoms with E-state index in [9.17, 15) is 13.2 Å². The van der Waals surface area contributed by atoms with Crippen molar-refractivity contribution < 1.29 is 18.3 Å². The number of rotatable bonds is 7. The fraction of sp³-hybridized carbons (Fsp3) is 0.400. The third-order valence-corrected chi connectivity index (χ3v) is 5.32. The molecule has 6 heteroatoms. The molecule has 5 nitrogen and oxygen atoms in total. The van der Waals surface area contributed by atoms with Gasteiger partial charge in [-0.15, -0.1) is 6.58 Å². The van der Waals surface area contributed by atoms with Crippen LogP contribution in [0.1, 0.15) is 34.3 Å². The van der Waals surface area contributed by atoms with Gasteiger partial charge in [-0.1, -0.05) is 12.1 Å². The number of benzene rings is 1. The maximum atomic E-state index is 12.5. The highest BCUT2D eigenvalue weighted by Gasteiger charge is 2.24. The third-order valence-electron chi connectivity index (χ3n) is 3.32. The first kappa shape index (κ1) is 17.4. The molecule has 0 spiro atoms. The minimum atomic E-state index is -3.69. The van der Waals surface area contributed by atoms with E-state index in [1.165, 1.54) is 17.4 Å². The van der Waals surface area contributed by atoms with Gasteiger partial charge >= 0.3 is 5.97 Å². The molecule has 0 aliphatic rings. The molecule has 21 heavy (non-hydrogen) atoms. The summed E-state index contributed by atoms with van der Waals surface area (Å²) in [5.41, 5.74) is 1.11. The van der Waals surface area contributed by atoms with Crippen LogP contribution in [0.3, 0.4) is 0 Å². The molecular formula is C15H21NO4S. The maximum absolute atomic E-state index is 12.5. The van der Waals surface area contributed by atoms with Gasteiger partial charge in [0.05, 0.1) is 10.5 Å². The lowest BCUT2D eigenvalue weighted by Gasteiger charge is -2.19. The Morgan fingerprint density at radius 2 is 1.95 bits per heavy atom. The van der Waals surface area contributed by atoms with Gasteiger partial charge in [-0.3, -0.25) is 0 Å². The lowest BCUT2D eigenvalue weighted by molar-refractivity contribution is 0.0696. The Labute approximate surface area is 126 Å². The Morgan fingerprint density at radius 3 is 2.48 bits per heavy atom. The summed E-state index contributed by atoms with van der Waals surface area (Å²) in [6, 6.07) is 2.83. The van der Waals surface area contributed by atoms with Crippen molar-refractivity contribution in [3.63, 3.8) is 0 Å². The predicted octanol–water partition coefficient (Wildman–Crippen LogP) is 2.59. The van der Waals surface area contributed by atoms with Crippen molar-refractivity contribution in [2.75, 3.05) is 13.6 Å². The first-order valence-corrected chi connectivity index (χ1v) is 8.07. The number of carbonyl (C=O) groups is 1. The van der Waals surface area contributed by atoms with Gasteiger partial charge in [0.2, 0.25) is 10.0 Å². The monoisotopic (exact) mass is 311 g/mol. The van der Waals surface area contributed by atoms with Gasteiger partial charge < -0.3 is 5.11 Å². The molecule has 0 aromatic heterocycles. The van der Waals surface area contributed by atoms with Crippen LogP contribution < -0.4 is 0 Å². The van der Waals surface area contributed by atoms with Crippen LogP contribution in [0.25, 0.3) is 0 Å². The van der Waals surface area contributed by atoms with Crippen molar-refractivity contribution in [3.05, 3.63) is 41.5 Å². The second-order valence-electron chi connectivity index (χ2n) is 5.00. The Morgan fingerprint density at radius 1 is 1.33 bits per heavy atom. The Hall–Kier alpha value is -1.66. The SMILES string of the molecule is C=CCCCN(C)S(=O)(=O)c1cc(C(=O)O)c(C)cc1C. The summed E-state index contributed by atoms with van der Waals surface area (Å²) < 4.78 is 26.3. The number of carboxylic acids is 1. The highest BCUT2D eigenvalue weighted by atomic mass is 32.2. The average molecular weight is 311 g/mol. The fourth-order valence-electron chi connectivity index (χ4n) is 2.09. The van der Waals surface area contributed by atoms with E-state index in [4.69, 9.17) is 5.11 Å². The van der Waals surface area contributed by atoms with Crippen LogP contribution in [0.5, 0.6) is 0 Å². The summed E-state index contributed by atoms with van der Waals surface area (Å²) in [5, 5.41) is 9.14. The van der Waals surface area contributed by atoms with Crippen LogP contribution in [-0.4, -0.2) is 37.4 Å². The highest BCUT2D eigenvalue weighted by Crippen LogP contribution is 2.23. The lowest BCUT2D eigenvalue weighted by Crippen LogP contribution is -2.28. The summed E-state index contributed by atoms with van der Waals surface area (Å²) in [6.07, 6.45) is 3.14. The molecule has 0 heterocycles. The van der Waals surface area contributed by atoms with Crippen LogP contribution in [0, 0.1) is 13.8 Å². The zero-order chi connectivity index (χ0) is 16.2. The van der Waals surface area contributed by atoms with Crippen molar-refractivity contribution >= 4 is 16.0 Å². The minimum absolute atomic E-state index is 0.0127. The molecule has 0 amide bonds. The number of aromatic carboxylic acids is 1. The molecule has 0 unspecified atom stereocenters. The normalized spacial score (nSPS) is 11.6. The van der Waals surface area contributed by atoms with Crippen LogP contribution in [0.4, 0.5) is 0 Å². The van der Waals surface area contributed by atoms with E-state index >= 15 is 0 Å². The number of aryl methyl sites for hydroxylation is 2. The molecule has 1 aromatic rings. The first-order chi connectivity index (χ1) is 9.71. The zero-order valence-electron chi connectivity index (χ0n) is 12.6. The van der Waals surface area contributed by atoms with E-state index in [0.29, 0.717) is 24.1 Å². The van der Waals surface area contributed by atoms with Crippen molar-refractivity contribution in [3.8, 4) is 0 Å². The van der Waals surface area contributed by atoms with Gasteiger partial charge in [0.25, 0.3) is 0 Å². The molecule has 0 bridgehead atoms. The standard InChI is InChI=1S/C15H21NO4S/c1-5-6-7-8-16(4)21(19,20)14-10-13(15(17)18)11(2)9-12(14)3/h5,9-10H,1,6-8H2,2-4H3,(H,17,18). The summed E-state index contributed by atoms with van der Waals surface area (Å²) in [5.74, 6) is -1.13. The molecule has 0 fully saturated rings. The molecule has 0 radical (unpaired) electrons. The van der Waals surface area contributed by atoms with Gasteiger partial charge in [0, 0.05) is 13.6 Å². The van der Waals surface area contributed by atoms with E-state index in [0.717, 1.165) is 6.42 Å². The van der Waals surface area contributed by atoms with Crippen LogP contribution in [0.15, 0.2) is 29.7 Å². The molecule has 0 atom stereocenters. The van der Waals surface area contributed by atoms with E-state index in [1.807, 2.05) is 0 Å². The molecule has 0 saturated heterocycles. The van der Waals surface area contributed by atoms with Crippen molar-refractivity contribution in [1.29, 1.82) is 0 Å². The number of sulfonamides is 1. The van der Waals surface area contributed by atoms with Crippen LogP contribution in [0.2, 0.25) is 0 Å². The smallest absolute Gasteiger partial charge is 0.335 e. The highest BCUT2D eigenvalue weighted by molar-refractivity contribution is 7.89. The van der Waals surface area contributed by atoms with E-state index < -0.39 is 16.0 Å². The van der Waals surface area contributed by atoms with E-state index in [-0.39, 0.29) is 10.5 Å². The molecular weight excluding hydrogens is 290 g/mol. The summed E-state index contributed by atoms with van der Waals surface area (Å²) in [7, 11) is -2.19. The summed E-state index contributed by atoms with van der Waals surface area (Å²) in [4.78, 5) is 11.2. The van der Waals surface area contributed by atoms with Gasteiger partial charge in [0.1, 0.15) is 0 Å². The number of allylic oxidation sites excluding steroid dienone is 1. The van der Waals surface area contributed by atoms with Crippen molar-refractivity contribution in [2.24, 2.45) is 0 Å². The molecule has 1 rings (SSSR count). The second kappa shape index (κ2) is 6.87. The Bertz CT molecular complexity index is 650. The fourth-order valence-corrected chi connectivity index (χ4v) is 3.52. The molecule has 1 aromatic carbocycles. The van der Waals surface area contributed by atoms with Gasteiger partial charge in [-0.2, -0.15) is 0 Å². The molecule has 0 aliphatic carbocycles. The number of unbranched alkanes of at least 4 members (excludes halogenated alkanes) is 1. The van der Waals surface area contributed by atoms with Gasteiger partial charge in [0.15, 0.2) is 0 Å². The summed E-state index contributed by atoms with van der Waals surface area (Å²) >= 11 is 0. The molecule has 0 aliphatic heterocycles. The molecule has 0 saturated carbocycles. The third kappa shape index (κ3) is 3.92. The minimum Gasteiger partial charge on any atom is -0.478 e. The zero-order valence-corrected chi connectivity index (χ0v) is 13.4. The second-order valence-corrected chi connectivity index (χ2v) is 7.01. The maximum Gasteiger partial charge on any atom is 0.335 e. The number of hydrogen-bond acceptors (Lipinski definition) is 3. The Balaban J connectivity index is 3.21. The van der Waals surface area contributed by atoms with E-state index in [2.05, 4.69) is 6.58 Å². The summed E-state index contributed by atoms with van der Waals surface area (Å²) in [6.45, 7) is 7.29. The van der Waals surface area contributed by atoms with Crippen LogP contribution >= 0.6 is 0 Å². The van der Waals surface area contributed by atoms with Gasteiger partial charge in [-0.25, -0.2) is 17.5 Å².